The summed E-state index contributed by atoms with van der Waals surface area (Å²) in [6.07, 6.45) is 46.8. The maximum absolute atomic E-state index is 2.91. The van der Waals surface area contributed by atoms with Crippen LogP contribution in [0.1, 0.15) is 78.4 Å². The number of fused-ring (bicyclic) bond motifs is 6. The first kappa shape index (κ1) is 33.9. The van der Waals surface area contributed by atoms with E-state index in [-0.39, 0.29) is 6.04 Å². The molecule has 2 heteroatoms. The molecular weight excluding hydrogens is 677 g/mol. The number of aromatic nitrogens is 1. The quantitative estimate of drug-likeness (QED) is 0.180. The second-order valence-corrected chi connectivity index (χ2v) is 16.9. The number of hydrogen-bond donors (Lipinski definition) is 0. The third-order valence-corrected chi connectivity index (χ3v) is 13.7. The van der Waals surface area contributed by atoms with Gasteiger partial charge in [0, 0.05) is 52.5 Å². The van der Waals surface area contributed by atoms with Gasteiger partial charge >= 0.3 is 0 Å². The summed E-state index contributed by atoms with van der Waals surface area (Å²) in [5.74, 6) is 1.45. The minimum Gasteiger partial charge on any atom is -0.337 e. The predicted molar refractivity (Wildman–Crippen MR) is 235 cm³/mol. The number of likely N-dealkylation sites (tertiary alicyclic amines) is 1. The van der Waals surface area contributed by atoms with E-state index in [1.807, 2.05) is 0 Å². The first-order valence-corrected chi connectivity index (χ1v) is 21.2. The van der Waals surface area contributed by atoms with Crippen LogP contribution >= 0.6 is 0 Å². The van der Waals surface area contributed by atoms with E-state index in [0.29, 0.717) is 35.9 Å². The summed E-state index contributed by atoms with van der Waals surface area (Å²) < 4.78 is 2.74. The molecule has 6 aliphatic carbocycles. The molecule has 276 valence electrons. The third-order valence-electron chi connectivity index (χ3n) is 13.7. The van der Waals surface area contributed by atoms with Crippen LogP contribution in [0.15, 0.2) is 181 Å². The molecule has 0 radical (unpaired) electrons. The normalized spacial score (nSPS) is 29.0. The van der Waals surface area contributed by atoms with Gasteiger partial charge in [-0.1, -0.05) is 170 Å². The van der Waals surface area contributed by atoms with E-state index in [4.69, 9.17) is 0 Å². The van der Waals surface area contributed by atoms with Crippen LogP contribution in [0.3, 0.4) is 0 Å². The minimum absolute atomic E-state index is 0.235. The summed E-state index contributed by atoms with van der Waals surface area (Å²) in [4.78, 5) is 2.91. The van der Waals surface area contributed by atoms with Crippen molar-refractivity contribution in [3.05, 3.63) is 209 Å². The summed E-state index contributed by atoms with van der Waals surface area (Å²) in [5, 5.41) is 1.38. The van der Waals surface area contributed by atoms with Gasteiger partial charge in [-0.25, -0.2) is 0 Å². The summed E-state index contributed by atoms with van der Waals surface area (Å²) >= 11 is 0. The van der Waals surface area contributed by atoms with Crippen molar-refractivity contribution < 1.29 is 0 Å². The highest BCUT2D eigenvalue weighted by molar-refractivity contribution is 5.95. The third kappa shape index (κ3) is 5.89. The summed E-state index contributed by atoms with van der Waals surface area (Å²) in [7, 11) is 0. The van der Waals surface area contributed by atoms with Gasteiger partial charge in [0.25, 0.3) is 0 Å². The number of hydrogen-bond acceptors (Lipinski definition) is 1. The molecule has 1 aromatic heterocycles. The Balaban J connectivity index is 0.992. The molecule has 1 saturated heterocycles. The molecular formula is C54H50N2. The Kier molecular flexibility index (Phi) is 8.62. The molecule has 0 spiro atoms. The van der Waals surface area contributed by atoms with Gasteiger partial charge in [0.2, 0.25) is 0 Å². The molecule has 7 atom stereocenters. The number of rotatable bonds is 6. The average Bonchev–Trinajstić information content (AvgIpc) is 3.79. The highest BCUT2D eigenvalue weighted by atomic mass is 15.3. The molecule has 0 N–H and O–H groups in total. The zero-order valence-electron chi connectivity index (χ0n) is 32.1. The van der Waals surface area contributed by atoms with Gasteiger partial charge in [0.1, 0.15) is 0 Å². The van der Waals surface area contributed by atoms with Crippen molar-refractivity contribution in [2.75, 3.05) is 0 Å². The molecule has 1 fully saturated rings. The zero-order chi connectivity index (χ0) is 37.0. The largest absolute Gasteiger partial charge is 0.337 e. The summed E-state index contributed by atoms with van der Waals surface area (Å²) in [5.41, 5.74) is 13.9. The maximum Gasteiger partial charge on any atom is 0.0569 e. The molecule has 2 nitrogen and oxygen atoms in total. The van der Waals surface area contributed by atoms with Crippen LogP contribution < -0.4 is 0 Å². The Bertz CT molecular complexity index is 2490. The van der Waals surface area contributed by atoms with E-state index in [1.165, 1.54) is 67.6 Å². The van der Waals surface area contributed by atoms with E-state index in [1.54, 1.807) is 0 Å². The van der Waals surface area contributed by atoms with E-state index in [9.17, 15) is 0 Å². The molecule has 0 bridgehead atoms. The molecule has 0 amide bonds. The van der Waals surface area contributed by atoms with E-state index in [0.717, 1.165) is 38.5 Å². The summed E-state index contributed by atoms with van der Waals surface area (Å²) in [6.45, 7) is 0. The average molecular weight is 727 g/mol. The second-order valence-electron chi connectivity index (χ2n) is 16.9. The molecule has 11 rings (SSSR count). The van der Waals surface area contributed by atoms with Crippen LogP contribution in [0.25, 0.3) is 28.1 Å². The lowest BCUT2D eigenvalue weighted by Gasteiger charge is -2.40. The van der Waals surface area contributed by atoms with Crippen LogP contribution in [-0.2, 0) is 6.42 Å². The number of allylic oxidation sites excluding steroid dienone is 14. The van der Waals surface area contributed by atoms with Crippen molar-refractivity contribution in [3.63, 3.8) is 0 Å². The fourth-order valence-corrected chi connectivity index (χ4v) is 11.1. The van der Waals surface area contributed by atoms with Crippen molar-refractivity contribution in [2.24, 2.45) is 11.8 Å². The standard InChI is InChI=1S/C54H50N2/c1-4-15-37(16-5-1)40-21-14-22-45(32-40)55-51-25-12-10-23-47(51)49-29-27-41(35-53(49)55)42-28-30-50-48-24-11-13-26-52(48)56(54(50)36-42)46-33-43(38-17-6-2-7-18-38)31-44(34-46)39-19-8-3-9-20-39/h1-2,4-8,10-12,14-21,23-25,27-31,33,35-36,40,45-47,49,51,53H,3,9,13,22,26,32,34H2. The maximum atomic E-state index is 2.91. The minimum atomic E-state index is 0.235. The lowest BCUT2D eigenvalue weighted by atomic mass is 9.81. The van der Waals surface area contributed by atoms with E-state index < -0.39 is 0 Å². The van der Waals surface area contributed by atoms with Crippen LogP contribution in [0.5, 0.6) is 0 Å². The topological polar surface area (TPSA) is 8.17 Å². The van der Waals surface area contributed by atoms with Crippen LogP contribution in [0, 0.1) is 11.8 Å². The molecule has 1 aliphatic heterocycles. The zero-order valence-corrected chi connectivity index (χ0v) is 32.1. The van der Waals surface area contributed by atoms with Gasteiger partial charge < -0.3 is 4.57 Å². The molecule has 7 unspecified atom stereocenters. The van der Waals surface area contributed by atoms with Gasteiger partial charge in [-0.15, -0.1) is 0 Å². The Morgan fingerprint density at radius 1 is 0.625 bits per heavy atom. The molecule has 0 saturated carbocycles. The molecule has 56 heavy (non-hydrogen) atoms. The highest BCUT2D eigenvalue weighted by Crippen LogP contribution is 2.48. The molecule has 3 aromatic carbocycles. The van der Waals surface area contributed by atoms with Crippen molar-refractivity contribution in [2.45, 2.75) is 75.0 Å². The highest BCUT2D eigenvalue weighted by Gasteiger charge is 2.49. The van der Waals surface area contributed by atoms with Crippen molar-refractivity contribution in [1.82, 2.24) is 9.47 Å². The van der Waals surface area contributed by atoms with Gasteiger partial charge in [0.15, 0.2) is 0 Å². The van der Waals surface area contributed by atoms with E-state index in [2.05, 4.69) is 186 Å². The number of nitrogens with zero attached hydrogens (tertiary/aromatic N) is 2. The van der Waals surface area contributed by atoms with Crippen LogP contribution in [0.2, 0.25) is 0 Å². The summed E-state index contributed by atoms with van der Waals surface area (Å²) in [6, 6.07) is 31.0. The van der Waals surface area contributed by atoms with Crippen molar-refractivity contribution >= 4 is 28.1 Å². The number of benzene rings is 3. The van der Waals surface area contributed by atoms with Gasteiger partial charge in [-0.05, 0) is 90.0 Å². The van der Waals surface area contributed by atoms with Crippen LogP contribution in [0.4, 0.5) is 0 Å². The second kappa shape index (κ2) is 14.3. The SMILES string of the molecule is C1=CC2C3C=CC(c4ccc5c6c(n(C7C=C(c8ccccc8)C=C(C8=CCCC=C8)C7)c5c4)CCC=C6)=CC3N(C3CC=CC(c4ccccc4)C3)C2C=C1. The smallest absolute Gasteiger partial charge is 0.0569 e. The van der Waals surface area contributed by atoms with Gasteiger partial charge in [-0.3, -0.25) is 4.90 Å². The van der Waals surface area contributed by atoms with Crippen molar-refractivity contribution in [3.8, 4) is 0 Å². The van der Waals surface area contributed by atoms with Gasteiger partial charge in [-0.2, -0.15) is 0 Å². The van der Waals surface area contributed by atoms with Crippen molar-refractivity contribution in [1.29, 1.82) is 0 Å². The first-order chi connectivity index (χ1) is 27.8. The Morgan fingerprint density at radius 3 is 2.34 bits per heavy atom. The molecule has 4 aromatic rings. The first-order valence-electron chi connectivity index (χ1n) is 21.2. The predicted octanol–water partition coefficient (Wildman–Crippen LogP) is 12.7. The van der Waals surface area contributed by atoms with E-state index >= 15 is 0 Å². The fraction of sp³-hybridized carbons (Fsp3) is 0.259. The Labute approximate surface area is 332 Å². The molecule has 2 heterocycles. The van der Waals surface area contributed by atoms with Gasteiger partial charge in [0.05, 0.1) is 11.6 Å². The molecule has 7 aliphatic rings. The Hall–Kier alpha value is -5.44. The Morgan fingerprint density at radius 2 is 1.46 bits per heavy atom. The fourth-order valence-electron chi connectivity index (χ4n) is 11.1. The lowest BCUT2D eigenvalue weighted by molar-refractivity contribution is 0.148. The lowest BCUT2D eigenvalue weighted by Crippen LogP contribution is -2.46. The monoisotopic (exact) mass is 726 g/mol. The van der Waals surface area contributed by atoms with Crippen LogP contribution in [-0.4, -0.2) is 27.6 Å².